The van der Waals surface area contributed by atoms with Crippen molar-refractivity contribution < 1.29 is 8.42 Å². The molecule has 0 amide bonds. The van der Waals surface area contributed by atoms with Crippen molar-refractivity contribution in [3.8, 4) is 0 Å². The van der Waals surface area contributed by atoms with E-state index in [9.17, 15) is 8.42 Å². The Hall–Kier alpha value is -0.850. The fourth-order valence-electron chi connectivity index (χ4n) is 2.17. The fraction of sp³-hybridized carbons (Fsp3) is 0.636. The molecule has 0 aliphatic carbocycles. The minimum absolute atomic E-state index is 0.370. The SMILES string of the molecule is Cn1ccc(S(=O)(=O)N2CCNCC2(C)C)c1. The molecule has 1 aliphatic rings. The first-order valence-electron chi connectivity index (χ1n) is 5.69. The van der Waals surface area contributed by atoms with Gasteiger partial charge >= 0.3 is 0 Å². The first-order valence-corrected chi connectivity index (χ1v) is 7.13. The van der Waals surface area contributed by atoms with Crippen LogP contribution in [0, 0.1) is 0 Å². The Bertz CT molecular complexity index is 505. The molecule has 5 nitrogen and oxygen atoms in total. The Labute approximate surface area is 102 Å². The fourth-order valence-corrected chi connectivity index (χ4v) is 4.00. The number of aryl methyl sites for hydroxylation is 1. The molecule has 0 bridgehead atoms. The normalized spacial score (nSPS) is 21.6. The number of rotatable bonds is 2. The Morgan fingerprint density at radius 3 is 2.65 bits per heavy atom. The van der Waals surface area contributed by atoms with Crippen molar-refractivity contribution in [1.29, 1.82) is 0 Å². The van der Waals surface area contributed by atoms with E-state index in [2.05, 4.69) is 5.32 Å². The van der Waals surface area contributed by atoms with Crippen LogP contribution in [0.1, 0.15) is 13.8 Å². The zero-order chi connectivity index (χ0) is 12.7. The predicted molar refractivity (Wildman–Crippen MR) is 66.3 cm³/mol. The summed E-state index contributed by atoms with van der Waals surface area (Å²) in [6.07, 6.45) is 3.40. The molecule has 0 saturated carbocycles. The van der Waals surface area contributed by atoms with E-state index in [1.807, 2.05) is 20.9 Å². The summed E-state index contributed by atoms with van der Waals surface area (Å²) >= 11 is 0. The third kappa shape index (κ3) is 2.25. The third-order valence-electron chi connectivity index (χ3n) is 3.12. The van der Waals surface area contributed by atoms with Crippen molar-refractivity contribution in [3.63, 3.8) is 0 Å². The first kappa shape index (κ1) is 12.6. The van der Waals surface area contributed by atoms with E-state index in [4.69, 9.17) is 0 Å². The van der Waals surface area contributed by atoms with E-state index < -0.39 is 10.0 Å². The first-order chi connectivity index (χ1) is 7.84. The highest BCUT2D eigenvalue weighted by atomic mass is 32.2. The Morgan fingerprint density at radius 2 is 2.12 bits per heavy atom. The summed E-state index contributed by atoms with van der Waals surface area (Å²) in [4.78, 5) is 0.370. The van der Waals surface area contributed by atoms with E-state index in [-0.39, 0.29) is 5.54 Å². The van der Waals surface area contributed by atoms with Gasteiger partial charge in [-0.1, -0.05) is 0 Å². The molecule has 17 heavy (non-hydrogen) atoms. The molecule has 96 valence electrons. The zero-order valence-electron chi connectivity index (χ0n) is 10.5. The summed E-state index contributed by atoms with van der Waals surface area (Å²) in [5.41, 5.74) is -0.382. The van der Waals surface area contributed by atoms with Gasteiger partial charge in [0.2, 0.25) is 10.0 Å². The van der Waals surface area contributed by atoms with Crippen molar-refractivity contribution in [2.75, 3.05) is 19.6 Å². The molecule has 0 aromatic carbocycles. The lowest BCUT2D eigenvalue weighted by molar-refractivity contribution is 0.186. The number of nitrogens with zero attached hydrogens (tertiary/aromatic N) is 2. The van der Waals surface area contributed by atoms with Crippen molar-refractivity contribution in [1.82, 2.24) is 14.2 Å². The summed E-state index contributed by atoms with van der Waals surface area (Å²) in [5, 5.41) is 3.22. The van der Waals surface area contributed by atoms with Gasteiger partial charge in [0.05, 0.1) is 4.90 Å². The number of hydrogen-bond acceptors (Lipinski definition) is 3. The zero-order valence-corrected chi connectivity index (χ0v) is 11.3. The van der Waals surface area contributed by atoms with Crippen LogP contribution in [0.15, 0.2) is 23.4 Å². The second kappa shape index (κ2) is 4.12. The van der Waals surface area contributed by atoms with Gasteiger partial charge in [0.1, 0.15) is 0 Å². The minimum atomic E-state index is -3.38. The highest BCUT2D eigenvalue weighted by molar-refractivity contribution is 7.89. The molecule has 1 aliphatic heterocycles. The van der Waals surface area contributed by atoms with Crippen LogP contribution in [0.3, 0.4) is 0 Å². The van der Waals surface area contributed by atoms with E-state index in [1.54, 1.807) is 27.3 Å². The standard InChI is InChI=1S/C11H19N3O2S/c1-11(2)9-12-5-7-14(11)17(15,16)10-4-6-13(3)8-10/h4,6,8,12H,5,7,9H2,1-3H3. The summed E-state index contributed by atoms with van der Waals surface area (Å²) < 4.78 is 28.3. The second-order valence-electron chi connectivity index (χ2n) is 5.08. The van der Waals surface area contributed by atoms with Crippen molar-refractivity contribution in [2.45, 2.75) is 24.3 Å². The molecular formula is C11H19N3O2S. The van der Waals surface area contributed by atoms with E-state index in [0.717, 1.165) is 0 Å². The molecule has 2 rings (SSSR count). The molecule has 1 N–H and O–H groups in total. The van der Waals surface area contributed by atoms with Gasteiger partial charge in [0.15, 0.2) is 0 Å². The highest BCUT2D eigenvalue weighted by Crippen LogP contribution is 2.25. The predicted octanol–water partition coefficient (Wildman–Crippen LogP) is 0.398. The van der Waals surface area contributed by atoms with Gasteiger partial charge in [-0.15, -0.1) is 0 Å². The lowest BCUT2D eigenvalue weighted by Crippen LogP contribution is -2.59. The van der Waals surface area contributed by atoms with Crippen LogP contribution in [-0.4, -0.2) is 42.5 Å². The maximum Gasteiger partial charge on any atom is 0.245 e. The molecule has 1 aromatic rings. The Morgan fingerprint density at radius 1 is 1.41 bits per heavy atom. The van der Waals surface area contributed by atoms with Crippen LogP contribution in [-0.2, 0) is 17.1 Å². The summed E-state index contributed by atoms with van der Waals surface area (Å²) in [6.45, 7) is 5.79. The number of nitrogens with one attached hydrogen (secondary N) is 1. The lowest BCUT2D eigenvalue weighted by atomic mass is 10.0. The molecule has 0 atom stereocenters. The molecule has 1 aromatic heterocycles. The molecule has 2 heterocycles. The molecular weight excluding hydrogens is 238 g/mol. The molecule has 0 unspecified atom stereocenters. The maximum absolute atomic E-state index is 12.5. The molecule has 0 spiro atoms. The van der Waals surface area contributed by atoms with E-state index in [1.165, 1.54) is 0 Å². The summed E-state index contributed by atoms with van der Waals surface area (Å²) in [6, 6.07) is 1.65. The maximum atomic E-state index is 12.5. The van der Waals surface area contributed by atoms with Crippen LogP contribution in [0.2, 0.25) is 0 Å². The van der Waals surface area contributed by atoms with Crippen molar-refractivity contribution in [2.24, 2.45) is 7.05 Å². The van der Waals surface area contributed by atoms with Gasteiger partial charge in [0, 0.05) is 44.6 Å². The topological polar surface area (TPSA) is 54.3 Å². The van der Waals surface area contributed by atoms with Gasteiger partial charge in [-0.2, -0.15) is 4.31 Å². The van der Waals surface area contributed by atoms with Gasteiger partial charge in [-0.25, -0.2) is 8.42 Å². The number of sulfonamides is 1. The number of piperazine rings is 1. The molecule has 0 radical (unpaired) electrons. The molecule has 6 heteroatoms. The number of hydrogen-bond donors (Lipinski definition) is 1. The van der Waals surface area contributed by atoms with E-state index in [0.29, 0.717) is 24.5 Å². The van der Waals surface area contributed by atoms with Crippen LogP contribution >= 0.6 is 0 Å². The quantitative estimate of drug-likeness (QED) is 0.834. The van der Waals surface area contributed by atoms with Gasteiger partial charge in [-0.05, 0) is 19.9 Å². The Kier molecular flexibility index (Phi) is 3.05. The summed E-state index contributed by atoms with van der Waals surface area (Å²) in [7, 11) is -1.55. The average Bonchev–Trinajstić information content (AvgIpc) is 2.64. The van der Waals surface area contributed by atoms with Gasteiger partial charge in [0.25, 0.3) is 0 Å². The lowest BCUT2D eigenvalue weighted by Gasteiger charge is -2.41. The van der Waals surface area contributed by atoms with E-state index >= 15 is 0 Å². The number of aromatic nitrogens is 1. The Balaban J connectivity index is 2.38. The third-order valence-corrected chi connectivity index (χ3v) is 5.21. The average molecular weight is 257 g/mol. The monoisotopic (exact) mass is 257 g/mol. The minimum Gasteiger partial charge on any atom is -0.356 e. The van der Waals surface area contributed by atoms with Crippen LogP contribution in [0.4, 0.5) is 0 Å². The second-order valence-corrected chi connectivity index (χ2v) is 6.94. The highest BCUT2D eigenvalue weighted by Gasteiger charge is 2.39. The molecule has 1 saturated heterocycles. The molecule has 1 fully saturated rings. The van der Waals surface area contributed by atoms with Gasteiger partial charge < -0.3 is 9.88 Å². The van der Waals surface area contributed by atoms with Crippen molar-refractivity contribution >= 4 is 10.0 Å². The van der Waals surface area contributed by atoms with Gasteiger partial charge in [-0.3, -0.25) is 0 Å². The van der Waals surface area contributed by atoms with Crippen molar-refractivity contribution in [3.05, 3.63) is 18.5 Å². The van der Waals surface area contributed by atoms with Crippen LogP contribution in [0.25, 0.3) is 0 Å². The summed E-state index contributed by atoms with van der Waals surface area (Å²) in [5.74, 6) is 0. The van der Waals surface area contributed by atoms with Crippen LogP contribution in [0.5, 0.6) is 0 Å². The largest absolute Gasteiger partial charge is 0.356 e. The van der Waals surface area contributed by atoms with Crippen LogP contribution < -0.4 is 5.32 Å². The smallest absolute Gasteiger partial charge is 0.245 e.